The summed E-state index contributed by atoms with van der Waals surface area (Å²) in [6.07, 6.45) is 5.09. The molecule has 1 fully saturated rings. The van der Waals surface area contributed by atoms with Crippen LogP contribution in [0.1, 0.15) is 23.5 Å². The molecule has 0 bridgehead atoms. The quantitative estimate of drug-likeness (QED) is 0.935. The van der Waals surface area contributed by atoms with Crippen LogP contribution in [0.2, 0.25) is 0 Å². The highest BCUT2D eigenvalue weighted by atomic mass is 79.9. The first-order chi connectivity index (χ1) is 9.24. The van der Waals surface area contributed by atoms with E-state index >= 15 is 0 Å². The molecule has 1 saturated carbocycles. The van der Waals surface area contributed by atoms with Crippen molar-refractivity contribution in [2.75, 3.05) is 0 Å². The van der Waals surface area contributed by atoms with Crippen LogP contribution < -0.4 is 0 Å². The summed E-state index contributed by atoms with van der Waals surface area (Å²) in [6.45, 7) is 0. The molecular formula is C16H16BrNO. The van der Waals surface area contributed by atoms with Crippen LogP contribution in [-0.2, 0) is 6.42 Å². The molecule has 3 unspecified atom stereocenters. The topological polar surface area (TPSA) is 33.1 Å². The lowest BCUT2D eigenvalue weighted by molar-refractivity contribution is 0.149. The van der Waals surface area contributed by atoms with E-state index in [2.05, 4.69) is 45.2 Å². The van der Waals surface area contributed by atoms with E-state index in [0.29, 0.717) is 18.3 Å². The number of hydrogen-bond donors (Lipinski definition) is 1. The van der Waals surface area contributed by atoms with E-state index in [0.717, 1.165) is 16.5 Å². The summed E-state index contributed by atoms with van der Waals surface area (Å²) in [7, 11) is 0. The number of aromatic nitrogens is 1. The molecule has 0 amide bonds. The van der Waals surface area contributed by atoms with Gasteiger partial charge in [-0.25, -0.2) is 0 Å². The summed E-state index contributed by atoms with van der Waals surface area (Å²) in [5.74, 6) is 0.915. The van der Waals surface area contributed by atoms with Crippen LogP contribution in [0.4, 0.5) is 0 Å². The minimum absolute atomic E-state index is 0.277. The molecule has 3 heteroatoms. The Bertz CT molecular complexity index is 558. The standard InChI is InChI=1S/C16H16BrNO/c17-13-6-11(9-18-10-13)7-16(19)15-8-14(15)12-4-2-1-3-5-12/h1-6,9-10,14-16,19H,7-8H2. The third-order valence-corrected chi connectivity index (χ3v) is 4.20. The lowest BCUT2D eigenvalue weighted by atomic mass is 10.0. The first kappa shape index (κ1) is 12.8. The summed E-state index contributed by atoms with van der Waals surface area (Å²) in [6, 6.07) is 12.5. The third-order valence-electron chi connectivity index (χ3n) is 3.77. The molecule has 2 nitrogen and oxygen atoms in total. The Morgan fingerprint density at radius 1 is 1.26 bits per heavy atom. The van der Waals surface area contributed by atoms with Crippen LogP contribution in [0.15, 0.2) is 53.3 Å². The molecule has 0 radical (unpaired) electrons. The van der Waals surface area contributed by atoms with E-state index < -0.39 is 0 Å². The second-order valence-electron chi connectivity index (χ2n) is 5.20. The number of pyridine rings is 1. The van der Waals surface area contributed by atoms with E-state index in [9.17, 15) is 5.11 Å². The normalized spacial score (nSPS) is 23.1. The molecule has 1 aromatic heterocycles. The summed E-state index contributed by atoms with van der Waals surface area (Å²) in [5.41, 5.74) is 2.43. The van der Waals surface area contributed by atoms with Crippen LogP contribution in [0, 0.1) is 5.92 Å². The van der Waals surface area contributed by atoms with Crippen molar-refractivity contribution >= 4 is 15.9 Å². The molecule has 1 heterocycles. The highest BCUT2D eigenvalue weighted by Crippen LogP contribution is 2.49. The van der Waals surface area contributed by atoms with Gasteiger partial charge in [0.15, 0.2) is 0 Å². The molecule has 3 atom stereocenters. The van der Waals surface area contributed by atoms with Gasteiger partial charge in [-0.1, -0.05) is 30.3 Å². The molecule has 1 aliphatic rings. The predicted molar refractivity (Wildman–Crippen MR) is 78.9 cm³/mol. The summed E-state index contributed by atoms with van der Waals surface area (Å²) in [5, 5.41) is 10.3. The Morgan fingerprint density at radius 3 is 2.79 bits per heavy atom. The molecule has 2 aromatic rings. The SMILES string of the molecule is OC(Cc1cncc(Br)c1)C1CC1c1ccccc1. The Hall–Kier alpha value is -1.19. The van der Waals surface area contributed by atoms with Crippen molar-refractivity contribution in [3.63, 3.8) is 0 Å². The minimum atomic E-state index is -0.277. The van der Waals surface area contributed by atoms with Gasteiger partial charge in [-0.3, -0.25) is 4.98 Å². The zero-order valence-corrected chi connectivity index (χ0v) is 12.1. The van der Waals surface area contributed by atoms with Crippen molar-refractivity contribution in [1.82, 2.24) is 4.98 Å². The van der Waals surface area contributed by atoms with E-state index in [1.54, 1.807) is 6.20 Å². The fourth-order valence-electron chi connectivity index (χ4n) is 2.68. The minimum Gasteiger partial charge on any atom is -0.392 e. The van der Waals surface area contributed by atoms with Gasteiger partial charge in [-0.05, 0) is 51.4 Å². The fourth-order valence-corrected chi connectivity index (χ4v) is 3.10. The lowest BCUT2D eigenvalue weighted by Crippen LogP contribution is -2.14. The third kappa shape index (κ3) is 3.04. The first-order valence-electron chi connectivity index (χ1n) is 6.56. The van der Waals surface area contributed by atoms with Gasteiger partial charge in [-0.2, -0.15) is 0 Å². The summed E-state index contributed by atoms with van der Waals surface area (Å²) >= 11 is 3.41. The van der Waals surface area contributed by atoms with Gasteiger partial charge in [0.1, 0.15) is 0 Å². The van der Waals surface area contributed by atoms with Gasteiger partial charge in [0.05, 0.1) is 6.10 Å². The van der Waals surface area contributed by atoms with Gasteiger partial charge >= 0.3 is 0 Å². The number of hydrogen-bond acceptors (Lipinski definition) is 2. The second kappa shape index (κ2) is 5.43. The molecule has 0 aliphatic heterocycles. The first-order valence-corrected chi connectivity index (χ1v) is 7.36. The highest BCUT2D eigenvalue weighted by Gasteiger charge is 2.42. The largest absolute Gasteiger partial charge is 0.392 e. The molecule has 19 heavy (non-hydrogen) atoms. The van der Waals surface area contributed by atoms with Crippen LogP contribution in [0.25, 0.3) is 0 Å². The zero-order chi connectivity index (χ0) is 13.2. The van der Waals surface area contributed by atoms with E-state index in [1.807, 2.05) is 18.3 Å². The lowest BCUT2D eigenvalue weighted by Gasteiger charge is -2.10. The number of aliphatic hydroxyl groups is 1. The van der Waals surface area contributed by atoms with Crippen molar-refractivity contribution < 1.29 is 5.11 Å². The molecule has 1 N–H and O–H groups in total. The van der Waals surface area contributed by atoms with Gasteiger partial charge in [0.2, 0.25) is 0 Å². The molecule has 98 valence electrons. The Balaban J connectivity index is 1.63. The fraction of sp³-hybridized carbons (Fsp3) is 0.312. The smallest absolute Gasteiger partial charge is 0.0615 e. The van der Waals surface area contributed by atoms with Crippen molar-refractivity contribution in [3.05, 3.63) is 64.4 Å². The van der Waals surface area contributed by atoms with Crippen LogP contribution in [0.3, 0.4) is 0 Å². The number of nitrogens with zero attached hydrogens (tertiary/aromatic N) is 1. The van der Waals surface area contributed by atoms with Crippen LogP contribution in [0.5, 0.6) is 0 Å². The van der Waals surface area contributed by atoms with Gasteiger partial charge < -0.3 is 5.11 Å². The number of halogens is 1. The molecule has 3 rings (SSSR count). The van der Waals surface area contributed by atoms with E-state index in [4.69, 9.17) is 0 Å². The van der Waals surface area contributed by atoms with Crippen molar-refractivity contribution in [2.24, 2.45) is 5.92 Å². The van der Waals surface area contributed by atoms with Gasteiger partial charge in [0, 0.05) is 23.3 Å². The molecule has 0 spiro atoms. The van der Waals surface area contributed by atoms with Crippen molar-refractivity contribution in [3.8, 4) is 0 Å². The Morgan fingerprint density at radius 2 is 2.05 bits per heavy atom. The van der Waals surface area contributed by atoms with Gasteiger partial charge in [0.25, 0.3) is 0 Å². The highest BCUT2D eigenvalue weighted by molar-refractivity contribution is 9.10. The molecule has 1 aromatic carbocycles. The number of aliphatic hydroxyl groups excluding tert-OH is 1. The Kier molecular flexibility index (Phi) is 3.67. The Labute approximate surface area is 121 Å². The van der Waals surface area contributed by atoms with Crippen molar-refractivity contribution in [2.45, 2.75) is 24.9 Å². The number of rotatable bonds is 4. The molecule has 1 aliphatic carbocycles. The average Bonchev–Trinajstić information content (AvgIpc) is 3.20. The molecular weight excluding hydrogens is 302 g/mol. The van der Waals surface area contributed by atoms with Crippen LogP contribution >= 0.6 is 15.9 Å². The van der Waals surface area contributed by atoms with Crippen molar-refractivity contribution in [1.29, 1.82) is 0 Å². The summed E-state index contributed by atoms with van der Waals surface area (Å²) in [4.78, 5) is 4.14. The van der Waals surface area contributed by atoms with E-state index in [-0.39, 0.29) is 6.10 Å². The number of benzene rings is 1. The average molecular weight is 318 g/mol. The van der Waals surface area contributed by atoms with E-state index in [1.165, 1.54) is 5.56 Å². The van der Waals surface area contributed by atoms with Crippen LogP contribution in [-0.4, -0.2) is 16.2 Å². The summed E-state index contributed by atoms with van der Waals surface area (Å²) < 4.78 is 0.965. The maximum absolute atomic E-state index is 10.3. The predicted octanol–water partition coefficient (Wildman–Crippen LogP) is 3.55. The zero-order valence-electron chi connectivity index (χ0n) is 10.5. The monoisotopic (exact) mass is 317 g/mol. The van der Waals surface area contributed by atoms with Gasteiger partial charge in [-0.15, -0.1) is 0 Å². The maximum atomic E-state index is 10.3. The molecule has 0 saturated heterocycles. The maximum Gasteiger partial charge on any atom is 0.0615 e. The second-order valence-corrected chi connectivity index (χ2v) is 6.12.